The molecule has 1 saturated heterocycles. The highest BCUT2D eigenvalue weighted by Gasteiger charge is 2.26. The van der Waals surface area contributed by atoms with E-state index in [9.17, 15) is 0 Å². The van der Waals surface area contributed by atoms with Gasteiger partial charge in [-0.05, 0) is 37.0 Å². The highest BCUT2D eigenvalue weighted by molar-refractivity contribution is 6.32. The van der Waals surface area contributed by atoms with Gasteiger partial charge in [0, 0.05) is 38.4 Å². The van der Waals surface area contributed by atoms with E-state index in [2.05, 4.69) is 15.9 Å². The van der Waals surface area contributed by atoms with Crippen molar-refractivity contribution < 1.29 is 0 Å². The average molecular weight is 276 g/mol. The number of rotatable bonds is 3. The summed E-state index contributed by atoms with van der Waals surface area (Å²) in [6.45, 7) is 5.65. The van der Waals surface area contributed by atoms with Crippen LogP contribution in [-0.2, 0) is 0 Å². The molecule has 1 aromatic carbocycles. The monoisotopic (exact) mass is 275 g/mol. The van der Waals surface area contributed by atoms with E-state index < -0.39 is 0 Å². The van der Waals surface area contributed by atoms with Gasteiger partial charge in [-0.3, -0.25) is 4.90 Å². The van der Waals surface area contributed by atoms with Gasteiger partial charge in [-0.25, -0.2) is 0 Å². The molecule has 3 nitrogen and oxygen atoms in total. The number of nitriles is 1. The topological polar surface area (TPSA) is 30.3 Å². The van der Waals surface area contributed by atoms with Crippen LogP contribution in [0.2, 0.25) is 5.02 Å². The van der Waals surface area contributed by atoms with Crippen molar-refractivity contribution in [3.05, 3.63) is 28.8 Å². The van der Waals surface area contributed by atoms with Crippen molar-refractivity contribution in [1.82, 2.24) is 4.90 Å². The maximum absolute atomic E-state index is 8.89. The Hall–Kier alpha value is -1.24. The third-order valence-corrected chi connectivity index (χ3v) is 4.34. The standard InChI is InChI=1S/C15H18ClN3/c16-15-9-14(4-3-13(15)10-17)19-7-5-18(6-8-19)11-12-1-2-12/h3-4,9,12H,1-2,5-8,11H2. The van der Waals surface area contributed by atoms with Crippen LogP contribution in [0, 0.1) is 17.2 Å². The molecule has 1 saturated carbocycles. The van der Waals surface area contributed by atoms with Crippen molar-refractivity contribution in [3.63, 3.8) is 0 Å². The summed E-state index contributed by atoms with van der Waals surface area (Å²) in [6.07, 6.45) is 2.84. The molecular formula is C15H18ClN3. The van der Waals surface area contributed by atoms with Gasteiger partial charge in [0.2, 0.25) is 0 Å². The number of nitrogens with zero attached hydrogens (tertiary/aromatic N) is 3. The van der Waals surface area contributed by atoms with E-state index in [0.717, 1.165) is 37.8 Å². The molecule has 1 aliphatic carbocycles. The Balaban J connectivity index is 1.61. The molecule has 0 radical (unpaired) electrons. The van der Waals surface area contributed by atoms with E-state index in [-0.39, 0.29) is 0 Å². The van der Waals surface area contributed by atoms with Crippen molar-refractivity contribution in [3.8, 4) is 6.07 Å². The van der Waals surface area contributed by atoms with E-state index in [1.807, 2.05) is 18.2 Å². The van der Waals surface area contributed by atoms with E-state index in [4.69, 9.17) is 16.9 Å². The second kappa shape index (κ2) is 5.40. The molecule has 0 unspecified atom stereocenters. The summed E-state index contributed by atoms with van der Waals surface area (Å²) in [5, 5.41) is 9.45. The van der Waals surface area contributed by atoms with Gasteiger partial charge in [0.15, 0.2) is 0 Å². The Labute approximate surface area is 119 Å². The number of hydrogen-bond acceptors (Lipinski definition) is 3. The molecule has 0 aromatic heterocycles. The first-order valence-corrected chi connectivity index (χ1v) is 7.31. The molecule has 1 aromatic rings. The maximum Gasteiger partial charge on any atom is 0.101 e. The minimum atomic E-state index is 0.554. The summed E-state index contributed by atoms with van der Waals surface area (Å²) in [5.41, 5.74) is 1.69. The zero-order chi connectivity index (χ0) is 13.2. The van der Waals surface area contributed by atoms with Crippen molar-refractivity contribution >= 4 is 17.3 Å². The molecule has 4 heteroatoms. The Morgan fingerprint density at radius 1 is 1.21 bits per heavy atom. The van der Waals surface area contributed by atoms with Crippen molar-refractivity contribution in [1.29, 1.82) is 5.26 Å². The molecule has 0 bridgehead atoms. The summed E-state index contributed by atoms with van der Waals surface area (Å²) in [7, 11) is 0. The highest BCUT2D eigenvalue weighted by Crippen LogP contribution is 2.30. The van der Waals surface area contributed by atoms with E-state index in [1.165, 1.54) is 19.4 Å². The second-order valence-corrected chi connectivity index (χ2v) is 5.91. The van der Waals surface area contributed by atoms with Crippen LogP contribution >= 0.6 is 11.6 Å². The Morgan fingerprint density at radius 2 is 1.95 bits per heavy atom. The first-order valence-electron chi connectivity index (χ1n) is 6.93. The number of piperazine rings is 1. The van der Waals surface area contributed by atoms with Crippen LogP contribution in [0.15, 0.2) is 18.2 Å². The number of hydrogen-bond donors (Lipinski definition) is 0. The zero-order valence-electron chi connectivity index (χ0n) is 11.0. The predicted octanol–water partition coefficient (Wildman–Crippen LogP) is 2.74. The molecule has 0 N–H and O–H groups in total. The minimum absolute atomic E-state index is 0.554. The fourth-order valence-electron chi connectivity index (χ4n) is 2.65. The van der Waals surface area contributed by atoms with Crippen molar-refractivity contribution in [2.24, 2.45) is 5.92 Å². The highest BCUT2D eigenvalue weighted by atomic mass is 35.5. The van der Waals surface area contributed by atoms with Crippen molar-refractivity contribution in [2.45, 2.75) is 12.8 Å². The smallest absolute Gasteiger partial charge is 0.101 e. The van der Waals surface area contributed by atoms with Gasteiger partial charge in [-0.2, -0.15) is 5.26 Å². The van der Waals surface area contributed by atoms with Gasteiger partial charge in [0.25, 0.3) is 0 Å². The lowest BCUT2D eigenvalue weighted by Gasteiger charge is -2.36. The summed E-state index contributed by atoms with van der Waals surface area (Å²) in [6, 6.07) is 7.83. The van der Waals surface area contributed by atoms with Crippen LogP contribution in [-0.4, -0.2) is 37.6 Å². The fraction of sp³-hybridized carbons (Fsp3) is 0.533. The van der Waals surface area contributed by atoms with Crippen LogP contribution in [0.5, 0.6) is 0 Å². The molecule has 0 amide bonds. The van der Waals surface area contributed by atoms with Gasteiger partial charge >= 0.3 is 0 Å². The molecule has 100 valence electrons. The second-order valence-electron chi connectivity index (χ2n) is 5.51. The van der Waals surface area contributed by atoms with E-state index in [0.29, 0.717) is 10.6 Å². The quantitative estimate of drug-likeness (QED) is 0.850. The lowest BCUT2D eigenvalue weighted by atomic mass is 10.2. The number of halogens is 1. The Bertz CT molecular complexity index is 497. The Morgan fingerprint density at radius 3 is 2.53 bits per heavy atom. The van der Waals surface area contributed by atoms with Gasteiger partial charge < -0.3 is 4.90 Å². The van der Waals surface area contributed by atoms with Crippen LogP contribution in [0.3, 0.4) is 0 Å². The molecule has 1 aliphatic heterocycles. The summed E-state index contributed by atoms with van der Waals surface area (Å²) in [5.74, 6) is 0.968. The number of anilines is 1. The summed E-state index contributed by atoms with van der Waals surface area (Å²) in [4.78, 5) is 4.93. The first kappa shape index (κ1) is 12.8. The summed E-state index contributed by atoms with van der Waals surface area (Å²) >= 11 is 6.09. The van der Waals surface area contributed by atoms with Gasteiger partial charge in [0.05, 0.1) is 10.6 Å². The Kier molecular flexibility index (Phi) is 3.63. The van der Waals surface area contributed by atoms with Gasteiger partial charge in [-0.15, -0.1) is 0 Å². The first-order chi connectivity index (χ1) is 9.26. The molecule has 3 rings (SSSR count). The maximum atomic E-state index is 8.89. The number of benzene rings is 1. The van der Waals surface area contributed by atoms with Crippen LogP contribution in [0.4, 0.5) is 5.69 Å². The fourth-order valence-corrected chi connectivity index (χ4v) is 2.86. The van der Waals surface area contributed by atoms with E-state index >= 15 is 0 Å². The molecule has 19 heavy (non-hydrogen) atoms. The van der Waals surface area contributed by atoms with Gasteiger partial charge in [0.1, 0.15) is 6.07 Å². The lowest BCUT2D eigenvalue weighted by molar-refractivity contribution is 0.248. The minimum Gasteiger partial charge on any atom is -0.369 e. The lowest BCUT2D eigenvalue weighted by Crippen LogP contribution is -2.47. The third kappa shape index (κ3) is 3.02. The van der Waals surface area contributed by atoms with E-state index in [1.54, 1.807) is 0 Å². The zero-order valence-corrected chi connectivity index (χ0v) is 11.7. The summed E-state index contributed by atoms with van der Waals surface area (Å²) < 4.78 is 0. The largest absolute Gasteiger partial charge is 0.369 e. The molecule has 2 fully saturated rings. The SMILES string of the molecule is N#Cc1ccc(N2CCN(CC3CC3)CC2)cc1Cl. The van der Waals surface area contributed by atoms with Gasteiger partial charge in [-0.1, -0.05) is 11.6 Å². The van der Waals surface area contributed by atoms with Crippen LogP contribution in [0.1, 0.15) is 18.4 Å². The predicted molar refractivity (Wildman–Crippen MR) is 77.5 cm³/mol. The molecule has 2 aliphatic rings. The molecule has 0 spiro atoms. The third-order valence-electron chi connectivity index (χ3n) is 4.02. The van der Waals surface area contributed by atoms with Crippen LogP contribution < -0.4 is 4.90 Å². The molecule has 1 heterocycles. The molecule has 0 atom stereocenters. The normalized spacial score (nSPS) is 20.3. The van der Waals surface area contributed by atoms with Crippen molar-refractivity contribution in [2.75, 3.05) is 37.6 Å². The average Bonchev–Trinajstić information content (AvgIpc) is 3.23. The molecular weight excluding hydrogens is 258 g/mol. The van der Waals surface area contributed by atoms with Crippen LogP contribution in [0.25, 0.3) is 0 Å².